The van der Waals surface area contributed by atoms with Gasteiger partial charge in [-0.3, -0.25) is 9.13 Å². The molecule has 5 aromatic heterocycles. The fourth-order valence-corrected chi connectivity index (χ4v) is 5.91. The van der Waals surface area contributed by atoms with Crippen LogP contribution in [0.3, 0.4) is 0 Å². The Balaban J connectivity index is 1.43. The lowest BCUT2D eigenvalue weighted by molar-refractivity contribution is 1.04. The summed E-state index contributed by atoms with van der Waals surface area (Å²) >= 11 is 0. The molecule has 0 amide bonds. The predicted octanol–water partition coefficient (Wildman–Crippen LogP) is 7.77. The monoisotopic (exact) mass is 512 g/mol. The molecule has 0 spiro atoms. The molecule has 186 valence electrons. The van der Waals surface area contributed by atoms with Crippen molar-refractivity contribution in [3.8, 4) is 11.6 Å². The summed E-state index contributed by atoms with van der Waals surface area (Å²) in [6.45, 7) is 0. The number of hydrogen-bond acceptors (Lipinski definition) is 4. The van der Waals surface area contributed by atoms with Crippen LogP contribution in [0.5, 0.6) is 0 Å². The van der Waals surface area contributed by atoms with Crippen LogP contribution in [0, 0.1) is 0 Å². The van der Waals surface area contributed by atoms with Crippen molar-refractivity contribution in [1.82, 2.24) is 29.1 Å². The van der Waals surface area contributed by atoms with E-state index in [0.29, 0.717) is 0 Å². The number of rotatable bonds is 2. The molecule has 0 bridgehead atoms. The standard InChI is InChI=1S/C34H20N6/c1-3-11-23-19-35-29(17-21(23)9-1)39-27-15-7-5-13-25(27)31-33(39)38-34-32(37-31)26-14-6-8-16-28(26)40(34)30-18-22-10-2-4-12-24(22)20-36-30/h1-20H. The molecule has 6 heteroatoms. The predicted molar refractivity (Wildman–Crippen MR) is 161 cm³/mol. The molecule has 0 radical (unpaired) electrons. The van der Waals surface area contributed by atoms with E-state index in [1.807, 2.05) is 48.8 Å². The lowest BCUT2D eigenvalue weighted by Gasteiger charge is -2.09. The van der Waals surface area contributed by atoms with Gasteiger partial charge in [0.25, 0.3) is 0 Å². The number of hydrogen-bond donors (Lipinski definition) is 0. The highest BCUT2D eigenvalue weighted by Gasteiger charge is 2.21. The minimum Gasteiger partial charge on any atom is -0.276 e. The Morgan fingerprint density at radius 1 is 0.425 bits per heavy atom. The molecule has 0 saturated heterocycles. The Labute approximate surface area is 227 Å². The molecular formula is C34H20N6. The number of nitrogens with zero attached hydrogens (tertiary/aromatic N) is 6. The van der Waals surface area contributed by atoms with Gasteiger partial charge in [0, 0.05) is 33.9 Å². The molecule has 0 aliphatic carbocycles. The van der Waals surface area contributed by atoms with Gasteiger partial charge < -0.3 is 0 Å². The van der Waals surface area contributed by atoms with E-state index in [1.54, 1.807) is 0 Å². The third kappa shape index (κ3) is 2.93. The molecule has 0 N–H and O–H groups in total. The van der Waals surface area contributed by atoms with Crippen LogP contribution in [0.2, 0.25) is 0 Å². The molecule has 9 aromatic rings. The topological polar surface area (TPSA) is 61.4 Å². The van der Waals surface area contributed by atoms with Gasteiger partial charge in [0.2, 0.25) is 0 Å². The van der Waals surface area contributed by atoms with Gasteiger partial charge in [-0.15, -0.1) is 0 Å². The van der Waals surface area contributed by atoms with Crippen LogP contribution in [0.25, 0.3) is 77.3 Å². The number of benzene rings is 4. The summed E-state index contributed by atoms with van der Waals surface area (Å²) < 4.78 is 4.25. The summed E-state index contributed by atoms with van der Waals surface area (Å²) in [5, 5.41) is 6.54. The first-order chi connectivity index (χ1) is 19.8. The maximum absolute atomic E-state index is 5.35. The molecule has 0 fully saturated rings. The molecule has 0 saturated carbocycles. The zero-order valence-electron chi connectivity index (χ0n) is 21.2. The smallest absolute Gasteiger partial charge is 0.168 e. The molecule has 9 rings (SSSR count). The van der Waals surface area contributed by atoms with Crippen molar-refractivity contribution < 1.29 is 0 Å². The van der Waals surface area contributed by atoms with Crippen molar-refractivity contribution in [2.45, 2.75) is 0 Å². The second-order valence-electron chi connectivity index (χ2n) is 10.1. The van der Waals surface area contributed by atoms with Gasteiger partial charge in [0.05, 0.1) is 11.0 Å². The average molecular weight is 513 g/mol. The van der Waals surface area contributed by atoms with Crippen molar-refractivity contribution in [2.75, 3.05) is 0 Å². The van der Waals surface area contributed by atoms with Crippen LogP contribution in [0.1, 0.15) is 0 Å². The zero-order chi connectivity index (χ0) is 26.2. The molecule has 0 atom stereocenters. The first kappa shape index (κ1) is 21.3. The average Bonchev–Trinajstić information content (AvgIpc) is 3.51. The molecular weight excluding hydrogens is 492 g/mol. The van der Waals surface area contributed by atoms with Gasteiger partial charge in [-0.1, -0.05) is 84.9 Å². The summed E-state index contributed by atoms with van der Waals surface area (Å²) in [6.07, 6.45) is 3.85. The first-order valence-corrected chi connectivity index (χ1v) is 13.2. The normalized spacial score (nSPS) is 12.0. The Bertz CT molecular complexity index is 2280. The zero-order valence-corrected chi connectivity index (χ0v) is 21.2. The fourth-order valence-electron chi connectivity index (χ4n) is 5.91. The quantitative estimate of drug-likeness (QED) is 0.237. The van der Waals surface area contributed by atoms with Crippen LogP contribution < -0.4 is 0 Å². The van der Waals surface area contributed by atoms with Crippen LogP contribution in [-0.4, -0.2) is 29.1 Å². The SMILES string of the molecule is c1ccc2cc(-n3c4ccccc4c4nc5c6ccccc6n(-c6cc7ccccc7cn6)c5nc43)ncc2c1. The van der Waals surface area contributed by atoms with Crippen LogP contribution in [-0.2, 0) is 0 Å². The highest BCUT2D eigenvalue weighted by molar-refractivity contribution is 6.12. The third-order valence-electron chi connectivity index (χ3n) is 7.77. The Kier molecular flexibility index (Phi) is 4.24. The molecule has 5 heterocycles. The van der Waals surface area contributed by atoms with E-state index in [4.69, 9.17) is 19.9 Å². The van der Waals surface area contributed by atoms with Crippen molar-refractivity contribution in [3.05, 3.63) is 122 Å². The second kappa shape index (κ2) is 7.94. The van der Waals surface area contributed by atoms with Gasteiger partial charge in [0.15, 0.2) is 11.3 Å². The number of fused-ring (bicyclic) bond motifs is 8. The van der Waals surface area contributed by atoms with Crippen molar-refractivity contribution in [2.24, 2.45) is 0 Å². The van der Waals surface area contributed by atoms with Gasteiger partial charge in [-0.25, -0.2) is 19.9 Å². The molecule has 0 aliphatic heterocycles. The van der Waals surface area contributed by atoms with Crippen LogP contribution in [0.15, 0.2) is 122 Å². The van der Waals surface area contributed by atoms with Crippen molar-refractivity contribution >= 4 is 65.7 Å². The summed E-state index contributed by atoms with van der Waals surface area (Å²) in [7, 11) is 0. The van der Waals surface area contributed by atoms with Gasteiger partial charge in [-0.2, -0.15) is 0 Å². The maximum atomic E-state index is 5.35. The van der Waals surface area contributed by atoms with E-state index in [2.05, 4.69) is 81.9 Å². The first-order valence-electron chi connectivity index (χ1n) is 13.2. The van der Waals surface area contributed by atoms with Crippen LogP contribution in [0.4, 0.5) is 0 Å². The summed E-state index contributed by atoms with van der Waals surface area (Å²) in [6, 6.07) is 37.4. The lowest BCUT2D eigenvalue weighted by atomic mass is 10.2. The van der Waals surface area contributed by atoms with Gasteiger partial charge in [-0.05, 0) is 35.0 Å². The fraction of sp³-hybridized carbons (Fsp3) is 0. The van der Waals surface area contributed by atoms with E-state index in [0.717, 1.165) is 77.3 Å². The second-order valence-corrected chi connectivity index (χ2v) is 10.1. The minimum absolute atomic E-state index is 0.765. The van der Waals surface area contributed by atoms with Crippen molar-refractivity contribution in [3.63, 3.8) is 0 Å². The van der Waals surface area contributed by atoms with Crippen LogP contribution >= 0.6 is 0 Å². The number of pyridine rings is 2. The summed E-state index contributed by atoms with van der Waals surface area (Å²) in [4.78, 5) is 20.4. The van der Waals surface area contributed by atoms with E-state index in [9.17, 15) is 0 Å². The van der Waals surface area contributed by atoms with E-state index < -0.39 is 0 Å². The Morgan fingerprint density at radius 3 is 1.35 bits per heavy atom. The largest absolute Gasteiger partial charge is 0.276 e. The number of para-hydroxylation sites is 2. The highest BCUT2D eigenvalue weighted by atomic mass is 15.2. The van der Waals surface area contributed by atoms with E-state index in [1.165, 1.54) is 0 Å². The number of aromatic nitrogens is 6. The third-order valence-corrected chi connectivity index (χ3v) is 7.77. The van der Waals surface area contributed by atoms with Gasteiger partial charge in [0.1, 0.15) is 22.7 Å². The van der Waals surface area contributed by atoms with Gasteiger partial charge >= 0.3 is 0 Å². The minimum atomic E-state index is 0.765. The molecule has 40 heavy (non-hydrogen) atoms. The summed E-state index contributed by atoms with van der Waals surface area (Å²) in [5.74, 6) is 1.62. The summed E-state index contributed by atoms with van der Waals surface area (Å²) in [5.41, 5.74) is 5.28. The Morgan fingerprint density at radius 2 is 0.850 bits per heavy atom. The van der Waals surface area contributed by atoms with E-state index >= 15 is 0 Å². The molecule has 0 aliphatic rings. The lowest BCUT2D eigenvalue weighted by Crippen LogP contribution is -2.02. The highest BCUT2D eigenvalue weighted by Crippen LogP contribution is 2.35. The Hall–Kier alpha value is -5.62. The molecule has 0 unspecified atom stereocenters. The molecule has 6 nitrogen and oxygen atoms in total. The maximum Gasteiger partial charge on any atom is 0.168 e. The molecule has 4 aromatic carbocycles. The van der Waals surface area contributed by atoms with Crippen molar-refractivity contribution in [1.29, 1.82) is 0 Å². The van der Waals surface area contributed by atoms with E-state index in [-0.39, 0.29) is 0 Å².